The second kappa shape index (κ2) is 9.40. The number of nitrogens with one attached hydrogen (secondary N) is 1. The lowest BCUT2D eigenvalue weighted by molar-refractivity contribution is 0.0925. The number of aryl methyl sites for hydroxylation is 1. The second-order valence-electron chi connectivity index (χ2n) is 8.45. The Kier molecular flexibility index (Phi) is 6.42. The SMILES string of the molecule is CC(C)Oc1ccc(C(=O)NCC(c2cccn2C)N2CCc3ccccc3C2)cc1. The topological polar surface area (TPSA) is 46.5 Å². The number of carbonyl (C=O) groups excluding carboxylic acids is 1. The highest BCUT2D eigenvalue weighted by molar-refractivity contribution is 5.94. The van der Waals surface area contributed by atoms with Gasteiger partial charge in [0.2, 0.25) is 0 Å². The number of hydrogen-bond donors (Lipinski definition) is 1. The molecule has 162 valence electrons. The molecule has 0 aliphatic carbocycles. The smallest absolute Gasteiger partial charge is 0.251 e. The molecule has 0 saturated carbocycles. The first-order chi connectivity index (χ1) is 15.0. The Balaban J connectivity index is 1.47. The molecule has 1 atom stereocenters. The van der Waals surface area contributed by atoms with Gasteiger partial charge in [-0.3, -0.25) is 9.69 Å². The van der Waals surface area contributed by atoms with Gasteiger partial charge in [0.15, 0.2) is 0 Å². The van der Waals surface area contributed by atoms with Crippen LogP contribution in [0.4, 0.5) is 0 Å². The Morgan fingerprint density at radius 3 is 2.45 bits per heavy atom. The van der Waals surface area contributed by atoms with Gasteiger partial charge in [-0.2, -0.15) is 0 Å². The fourth-order valence-electron chi connectivity index (χ4n) is 4.27. The van der Waals surface area contributed by atoms with Crippen LogP contribution in [0.15, 0.2) is 66.9 Å². The van der Waals surface area contributed by atoms with Gasteiger partial charge in [0, 0.05) is 44.1 Å². The van der Waals surface area contributed by atoms with E-state index in [0.29, 0.717) is 12.1 Å². The van der Waals surface area contributed by atoms with Crippen LogP contribution in [-0.4, -0.2) is 34.6 Å². The first-order valence-electron chi connectivity index (χ1n) is 11.0. The summed E-state index contributed by atoms with van der Waals surface area (Å²) in [6.45, 7) is 6.41. The fourth-order valence-corrected chi connectivity index (χ4v) is 4.27. The van der Waals surface area contributed by atoms with E-state index in [-0.39, 0.29) is 18.1 Å². The maximum atomic E-state index is 12.8. The van der Waals surface area contributed by atoms with Crippen LogP contribution in [0.2, 0.25) is 0 Å². The van der Waals surface area contributed by atoms with Gasteiger partial charge < -0.3 is 14.6 Å². The van der Waals surface area contributed by atoms with Crippen LogP contribution in [-0.2, 0) is 20.0 Å². The molecule has 0 bridgehead atoms. The number of fused-ring (bicyclic) bond motifs is 1. The summed E-state index contributed by atoms with van der Waals surface area (Å²) in [4.78, 5) is 15.3. The monoisotopic (exact) mass is 417 g/mol. The summed E-state index contributed by atoms with van der Waals surface area (Å²) in [5.74, 6) is 0.716. The van der Waals surface area contributed by atoms with Crippen LogP contribution < -0.4 is 10.1 Å². The molecule has 31 heavy (non-hydrogen) atoms. The number of ether oxygens (including phenoxy) is 1. The normalized spacial score (nSPS) is 14.8. The van der Waals surface area contributed by atoms with E-state index in [4.69, 9.17) is 4.74 Å². The number of carbonyl (C=O) groups is 1. The lowest BCUT2D eigenvalue weighted by Gasteiger charge is -2.36. The fraction of sp³-hybridized carbons (Fsp3) is 0.346. The molecule has 1 aliphatic heterocycles. The highest BCUT2D eigenvalue weighted by Gasteiger charge is 2.26. The number of aromatic nitrogens is 1. The third-order valence-electron chi connectivity index (χ3n) is 5.87. The molecule has 1 unspecified atom stereocenters. The first kappa shape index (κ1) is 21.2. The minimum Gasteiger partial charge on any atom is -0.491 e. The van der Waals surface area contributed by atoms with Crippen molar-refractivity contribution >= 4 is 5.91 Å². The first-order valence-corrected chi connectivity index (χ1v) is 11.0. The van der Waals surface area contributed by atoms with Gasteiger partial charge in [-0.1, -0.05) is 24.3 Å². The average Bonchev–Trinajstić information content (AvgIpc) is 3.19. The molecule has 1 aromatic heterocycles. The largest absolute Gasteiger partial charge is 0.491 e. The van der Waals surface area contributed by atoms with Gasteiger partial charge >= 0.3 is 0 Å². The van der Waals surface area contributed by atoms with Crippen molar-refractivity contribution in [2.75, 3.05) is 13.1 Å². The number of nitrogens with zero attached hydrogens (tertiary/aromatic N) is 2. The zero-order valence-corrected chi connectivity index (χ0v) is 18.5. The zero-order chi connectivity index (χ0) is 21.8. The molecule has 5 nitrogen and oxygen atoms in total. The van der Waals surface area contributed by atoms with Crippen LogP contribution in [0, 0.1) is 0 Å². The van der Waals surface area contributed by atoms with Gasteiger partial charge in [-0.05, 0) is 67.8 Å². The van der Waals surface area contributed by atoms with Gasteiger partial charge in [0.25, 0.3) is 5.91 Å². The lowest BCUT2D eigenvalue weighted by atomic mass is 9.97. The van der Waals surface area contributed by atoms with Crippen molar-refractivity contribution in [1.29, 1.82) is 0 Å². The second-order valence-corrected chi connectivity index (χ2v) is 8.45. The highest BCUT2D eigenvalue weighted by atomic mass is 16.5. The summed E-state index contributed by atoms with van der Waals surface area (Å²) < 4.78 is 7.82. The molecule has 0 radical (unpaired) electrons. The third kappa shape index (κ3) is 5.00. The van der Waals surface area contributed by atoms with Crippen molar-refractivity contribution in [2.45, 2.75) is 39.0 Å². The number of hydrogen-bond acceptors (Lipinski definition) is 3. The van der Waals surface area contributed by atoms with E-state index in [1.54, 1.807) is 0 Å². The van der Waals surface area contributed by atoms with Crippen molar-refractivity contribution in [3.63, 3.8) is 0 Å². The summed E-state index contributed by atoms with van der Waals surface area (Å²) in [5.41, 5.74) is 4.66. The minimum absolute atomic E-state index is 0.0623. The van der Waals surface area contributed by atoms with E-state index in [0.717, 1.165) is 25.3 Å². The van der Waals surface area contributed by atoms with E-state index < -0.39 is 0 Å². The number of benzene rings is 2. The van der Waals surface area contributed by atoms with E-state index >= 15 is 0 Å². The Hall–Kier alpha value is -3.05. The van der Waals surface area contributed by atoms with Crippen molar-refractivity contribution in [3.8, 4) is 5.75 Å². The molecule has 2 aromatic carbocycles. The molecule has 5 heteroatoms. The standard InChI is InChI=1S/C26H31N3O2/c1-19(2)31-23-12-10-21(11-13-23)26(30)27-17-25(24-9-6-15-28(24)3)29-16-14-20-7-4-5-8-22(20)18-29/h4-13,15,19,25H,14,16-18H2,1-3H3,(H,27,30). The highest BCUT2D eigenvalue weighted by Crippen LogP contribution is 2.28. The molecule has 1 aliphatic rings. The maximum absolute atomic E-state index is 12.8. The van der Waals surface area contributed by atoms with Crippen LogP contribution in [0.5, 0.6) is 5.75 Å². The Morgan fingerprint density at radius 1 is 1.03 bits per heavy atom. The Labute approximate surface area is 184 Å². The molecular formula is C26H31N3O2. The molecule has 3 aromatic rings. The van der Waals surface area contributed by atoms with Gasteiger partial charge in [0.05, 0.1) is 12.1 Å². The zero-order valence-electron chi connectivity index (χ0n) is 18.5. The Bertz CT molecular complexity index is 1020. The summed E-state index contributed by atoms with van der Waals surface area (Å²) >= 11 is 0. The van der Waals surface area contributed by atoms with Crippen molar-refractivity contribution in [1.82, 2.24) is 14.8 Å². The number of rotatable bonds is 7. The van der Waals surface area contributed by atoms with Crippen molar-refractivity contribution < 1.29 is 9.53 Å². The van der Waals surface area contributed by atoms with Crippen LogP contribution in [0.1, 0.15) is 47.1 Å². The molecule has 0 fully saturated rings. The van der Waals surface area contributed by atoms with E-state index in [9.17, 15) is 4.79 Å². The van der Waals surface area contributed by atoms with E-state index in [1.165, 1.54) is 16.8 Å². The lowest BCUT2D eigenvalue weighted by Crippen LogP contribution is -2.41. The molecule has 2 heterocycles. The molecule has 4 rings (SSSR count). The summed E-state index contributed by atoms with van der Waals surface area (Å²) in [6, 6.07) is 20.3. The van der Waals surface area contributed by atoms with E-state index in [1.807, 2.05) is 38.1 Å². The average molecular weight is 418 g/mol. The summed E-state index contributed by atoms with van der Waals surface area (Å²) in [6.07, 6.45) is 3.21. The van der Waals surface area contributed by atoms with Crippen molar-refractivity contribution in [2.24, 2.45) is 7.05 Å². The number of amides is 1. The van der Waals surface area contributed by atoms with Gasteiger partial charge in [0.1, 0.15) is 5.75 Å². The quantitative estimate of drug-likeness (QED) is 0.622. The summed E-state index contributed by atoms with van der Waals surface area (Å²) in [5, 5.41) is 3.16. The molecule has 0 saturated heterocycles. The predicted octanol–water partition coefficient (Wildman–Crippen LogP) is 4.34. The summed E-state index contributed by atoms with van der Waals surface area (Å²) in [7, 11) is 2.06. The van der Waals surface area contributed by atoms with Crippen LogP contribution in [0.3, 0.4) is 0 Å². The maximum Gasteiger partial charge on any atom is 0.251 e. The van der Waals surface area contributed by atoms with Crippen LogP contribution in [0.25, 0.3) is 0 Å². The molecule has 1 N–H and O–H groups in total. The Morgan fingerprint density at radius 2 is 1.77 bits per heavy atom. The third-order valence-corrected chi connectivity index (χ3v) is 5.87. The van der Waals surface area contributed by atoms with Crippen LogP contribution >= 0.6 is 0 Å². The molecule has 0 spiro atoms. The minimum atomic E-state index is -0.0623. The van der Waals surface area contributed by atoms with Gasteiger partial charge in [-0.25, -0.2) is 0 Å². The molecule has 1 amide bonds. The molecular weight excluding hydrogens is 386 g/mol. The van der Waals surface area contributed by atoms with Gasteiger partial charge in [-0.15, -0.1) is 0 Å². The predicted molar refractivity (Wildman–Crippen MR) is 123 cm³/mol. The van der Waals surface area contributed by atoms with Crippen molar-refractivity contribution in [3.05, 3.63) is 89.2 Å². The van der Waals surface area contributed by atoms with E-state index in [2.05, 4.69) is 64.4 Å².